The van der Waals surface area contributed by atoms with Gasteiger partial charge in [0.25, 0.3) is 5.91 Å². The van der Waals surface area contributed by atoms with Crippen molar-refractivity contribution in [2.75, 3.05) is 6.54 Å². The Morgan fingerprint density at radius 1 is 1.56 bits per heavy atom. The smallest absolute Gasteiger partial charge is 0.268 e. The second-order valence-corrected chi connectivity index (χ2v) is 6.36. The van der Waals surface area contributed by atoms with Crippen LogP contribution in [-0.4, -0.2) is 27.7 Å². The highest BCUT2D eigenvalue weighted by Crippen LogP contribution is 2.37. The van der Waals surface area contributed by atoms with E-state index in [0.717, 1.165) is 36.6 Å². The van der Waals surface area contributed by atoms with Crippen LogP contribution in [0.5, 0.6) is 0 Å². The summed E-state index contributed by atoms with van der Waals surface area (Å²) in [4.78, 5) is 12.1. The molecule has 1 aromatic heterocycles. The molecule has 1 amide bonds. The van der Waals surface area contributed by atoms with Crippen molar-refractivity contribution in [1.82, 2.24) is 9.88 Å². The summed E-state index contributed by atoms with van der Waals surface area (Å²) in [5, 5.41) is 12.8. The Hall–Kier alpha value is -0.810. The Bertz CT molecular complexity index is 475. The molecule has 98 valence electrons. The zero-order valence-corrected chi connectivity index (χ0v) is 11.7. The highest BCUT2D eigenvalue weighted by atomic mass is 79.9. The third-order valence-electron chi connectivity index (χ3n) is 3.85. The summed E-state index contributed by atoms with van der Waals surface area (Å²) in [5.74, 6) is -0.0899. The minimum absolute atomic E-state index is 0.0899. The van der Waals surface area contributed by atoms with E-state index in [4.69, 9.17) is 0 Å². The highest BCUT2D eigenvalue weighted by molar-refractivity contribution is 9.10. The molecule has 2 N–H and O–H groups in total. The van der Waals surface area contributed by atoms with Gasteiger partial charge >= 0.3 is 0 Å². The molecule has 0 radical (unpaired) electrons. The van der Waals surface area contributed by atoms with E-state index in [0.29, 0.717) is 18.3 Å². The Labute approximate surface area is 114 Å². The van der Waals surface area contributed by atoms with Gasteiger partial charge in [-0.3, -0.25) is 4.79 Å². The monoisotopic (exact) mass is 312 g/mol. The number of carbonyl (C=O) groups is 1. The van der Waals surface area contributed by atoms with Crippen molar-refractivity contribution < 1.29 is 9.90 Å². The fourth-order valence-corrected chi connectivity index (χ4v) is 2.82. The summed E-state index contributed by atoms with van der Waals surface area (Å²) in [7, 11) is 0. The maximum absolute atomic E-state index is 12.1. The van der Waals surface area contributed by atoms with Crippen molar-refractivity contribution in [2.45, 2.75) is 43.7 Å². The molecule has 2 saturated carbocycles. The summed E-state index contributed by atoms with van der Waals surface area (Å²) in [6.07, 6.45) is 6.89. The minimum Gasteiger partial charge on any atom is -0.388 e. The van der Waals surface area contributed by atoms with Crippen molar-refractivity contribution in [3.05, 3.63) is 22.4 Å². The molecule has 18 heavy (non-hydrogen) atoms. The van der Waals surface area contributed by atoms with Crippen LogP contribution in [0.2, 0.25) is 0 Å². The average Bonchev–Trinajstić information content (AvgIpc) is 3.07. The Kier molecular flexibility index (Phi) is 2.98. The fraction of sp³-hybridized carbons (Fsp3) is 0.615. The Balaban J connectivity index is 1.67. The van der Waals surface area contributed by atoms with E-state index in [1.165, 1.54) is 0 Å². The van der Waals surface area contributed by atoms with E-state index in [1.807, 2.05) is 16.8 Å². The maximum atomic E-state index is 12.1. The zero-order chi connectivity index (χ0) is 12.8. The number of rotatable bonds is 4. The number of amides is 1. The van der Waals surface area contributed by atoms with Crippen LogP contribution in [0.25, 0.3) is 0 Å². The van der Waals surface area contributed by atoms with Gasteiger partial charge in [0.2, 0.25) is 0 Å². The molecular weight excluding hydrogens is 296 g/mol. The minimum atomic E-state index is -0.663. The van der Waals surface area contributed by atoms with Crippen LogP contribution in [0.4, 0.5) is 0 Å². The van der Waals surface area contributed by atoms with E-state index < -0.39 is 5.60 Å². The SMILES string of the molecule is O=C(NCC1(O)CCC1)c1cc(Br)cn1C1CC1. The van der Waals surface area contributed by atoms with Gasteiger partial charge in [-0.25, -0.2) is 0 Å². The van der Waals surface area contributed by atoms with Crippen LogP contribution in [0.3, 0.4) is 0 Å². The normalized spacial score (nSPS) is 21.4. The van der Waals surface area contributed by atoms with Crippen molar-refractivity contribution >= 4 is 21.8 Å². The van der Waals surface area contributed by atoms with Gasteiger partial charge in [-0.15, -0.1) is 0 Å². The molecule has 3 rings (SSSR count). The molecule has 1 aromatic rings. The molecule has 2 aliphatic carbocycles. The number of hydrogen-bond donors (Lipinski definition) is 2. The number of halogens is 1. The van der Waals surface area contributed by atoms with Crippen molar-refractivity contribution in [3.8, 4) is 0 Å². The van der Waals surface area contributed by atoms with Crippen molar-refractivity contribution in [1.29, 1.82) is 0 Å². The average molecular weight is 313 g/mol. The van der Waals surface area contributed by atoms with Crippen LogP contribution in [0, 0.1) is 0 Å². The molecule has 0 unspecified atom stereocenters. The molecular formula is C13H17BrN2O2. The summed E-state index contributed by atoms with van der Waals surface area (Å²) >= 11 is 3.41. The topological polar surface area (TPSA) is 54.3 Å². The number of aliphatic hydroxyl groups is 1. The standard InChI is InChI=1S/C13H17BrN2O2/c14-9-6-11(16(7-9)10-2-3-10)12(17)15-8-13(18)4-1-5-13/h6-7,10,18H,1-5,8H2,(H,15,17). The molecule has 0 saturated heterocycles. The third kappa shape index (κ3) is 2.34. The van der Waals surface area contributed by atoms with E-state index in [9.17, 15) is 9.90 Å². The maximum Gasteiger partial charge on any atom is 0.268 e. The first kappa shape index (κ1) is 12.2. The second-order valence-electron chi connectivity index (χ2n) is 5.44. The number of nitrogens with zero attached hydrogens (tertiary/aromatic N) is 1. The molecule has 0 spiro atoms. The molecule has 0 bridgehead atoms. The lowest BCUT2D eigenvalue weighted by atomic mass is 9.80. The van der Waals surface area contributed by atoms with Gasteiger partial charge in [0.15, 0.2) is 0 Å². The number of carbonyl (C=O) groups excluding carboxylic acids is 1. The van der Waals surface area contributed by atoms with Gasteiger partial charge in [0, 0.05) is 23.3 Å². The predicted octanol–water partition coefficient (Wildman–Crippen LogP) is 2.23. The van der Waals surface area contributed by atoms with Crippen LogP contribution in [0.15, 0.2) is 16.7 Å². The van der Waals surface area contributed by atoms with Crippen LogP contribution in [0.1, 0.15) is 48.6 Å². The quantitative estimate of drug-likeness (QED) is 0.895. The Morgan fingerprint density at radius 3 is 2.83 bits per heavy atom. The first-order chi connectivity index (χ1) is 8.57. The van der Waals surface area contributed by atoms with E-state index >= 15 is 0 Å². The molecule has 2 fully saturated rings. The lowest BCUT2D eigenvalue weighted by Crippen LogP contribution is -2.48. The van der Waals surface area contributed by atoms with Gasteiger partial charge < -0.3 is 15.0 Å². The predicted molar refractivity (Wildman–Crippen MR) is 71.5 cm³/mol. The summed E-state index contributed by atoms with van der Waals surface area (Å²) < 4.78 is 2.96. The largest absolute Gasteiger partial charge is 0.388 e. The van der Waals surface area contributed by atoms with Crippen LogP contribution < -0.4 is 5.32 Å². The highest BCUT2D eigenvalue weighted by Gasteiger charge is 2.35. The van der Waals surface area contributed by atoms with E-state index in [1.54, 1.807) is 0 Å². The van der Waals surface area contributed by atoms with E-state index in [2.05, 4.69) is 21.2 Å². The first-order valence-electron chi connectivity index (χ1n) is 6.45. The molecule has 4 nitrogen and oxygen atoms in total. The van der Waals surface area contributed by atoms with Crippen molar-refractivity contribution in [2.24, 2.45) is 0 Å². The molecule has 5 heteroatoms. The van der Waals surface area contributed by atoms with Gasteiger partial charge in [-0.05, 0) is 54.1 Å². The third-order valence-corrected chi connectivity index (χ3v) is 4.28. The fourth-order valence-electron chi connectivity index (χ4n) is 2.38. The summed E-state index contributed by atoms with van der Waals surface area (Å²) in [6, 6.07) is 2.32. The zero-order valence-electron chi connectivity index (χ0n) is 10.2. The lowest BCUT2D eigenvalue weighted by Gasteiger charge is -2.36. The van der Waals surface area contributed by atoms with Gasteiger partial charge in [-0.1, -0.05) is 0 Å². The van der Waals surface area contributed by atoms with Crippen LogP contribution >= 0.6 is 15.9 Å². The van der Waals surface area contributed by atoms with Gasteiger partial charge in [0.05, 0.1) is 5.60 Å². The second kappa shape index (κ2) is 4.38. The molecule has 0 atom stereocenters. The van der Waals surface area contributed by atoms with Gasteiger partial charge in [-0.2, -0.15) is 0 Å². The molecule has 0 aliphatic heterocycles. The van der Waals surface area contributed by atoms with Gasteiger partial charge in [0.1, 0.15) is 5.69 Å². The lowest BCUT2D eigenvalue weighted by molar-refractivity contribution is -0.0301. The first-order valence-corrected chi connectivity index (χ1v) is 7.25. The summed E-state index contributed by atoms with van der Waals surface area (Å²) in [6.45, 7) is 0.360. The molecule has 0 aromatic carbocycles. The van der Waals surface area contributed by atoms with Crippen molar-refractivity contribution in [3.63, 3.8) is 0 Å². The van der Waals surface area contributed by atoms with Crippen LogP contribution in [-0.2, 0) is 0 Å². The number of aromatic nitrogens is 1. The molecule has 2 aliphatic rings. The Morgan fingerprint density at radius 2 is 2.28 bits per heavy atom. The molecule has 1 heterocycles. The number of hydrogen-bond acceptors (Lipinski definition) is 2. The summed E-state index contributed by atoms with van der Waals surface area (Å²) in [5.41, 5.74) is 0.0245. The van der Waals surface area contributed by atoms with E-state index in [-0.39, 0.29) is 5.91 Å². The number of nitrogens with one attached hydrogen (secondary N) is 1.